The number of anilines is 3. The van der Waals surface area contributed by atoms with Crippen LogP contribution in [-0.4, -0.2) is 15.9 Å². The fourth-order valence-corrected chi connectivity index (χ4v) is 2.01. The number of amides is 1. The van der Waals surface area contributed by atoms with Crippen molar-refractivity contribution in [1.29, 1.82) is 0 Å². The smallest absolute Gasteiger partial charge is 0.269 e. The van der Waals surface area contributed by atoms with E-state index in [4.69, 9.17) is 10.2 Å². The molecule has 0 radical (unpaired) electrons. The number of nitrogen functional groups attached to an aromatic ring is 1. The van der Waals surface area contributed by atoms with E-state index in [0.717, 1.165) is 5.76 Å². The van der Waals surface area contributed by atoms with E-state index in [9.17, 15) is 9.18 Å². The maximum atomic E-state index is 12.9. The van der Waals surface area contributed by atoms with Gasteiger partial charge in [0, 0.05) is 5.56 Å². The molecule has 5 N–H and O–H groups in total. The number of hydrazine groups is 1. The van der Waals surface area contributed by atoms with Crippen molar-refractivity contribution in [2.75, 3.05) is 16.5 Å². The van der Waals surface area contributed by atoms with E-state index < -0.39 is 11.7 Å². The maximum absolute atomic E-state index is 12.9. The van der Waals surface area contributed by atoms with Gasteiger partial charge in [-0.15, -0.1) is 0 Å². The molecule has 128 valence electrons. The van der Waals surface area contributed by atoms with Crippen LogP contribution in [0.2, 0.25) is 0 Å². The van der Waals surface area contributed by atoms with Gasteiger partial charge >= 0.3 is 0 Å². The zero-order chi connectivity index (χ0) is 17.6. The summed E-state index contributed by atoms with van der Waals surface area (Å²) in [4.78, 5) is 20.0. The molecule has 3 aromatic rings. The molecule has 0 unspecified atom stereocenters. The first-order chi connectivity index (χ1) is 12.1. The Bertz CT molecular complexity index is 852. The molecule has 2 aromatic heterocycles. The number of hydrogen-bond donors (Lipinski definition) is 4. The van der Waals surface area contributed by atoms with E-state index in [1.165, 1.54) is 30.6 Å². The van der Waals surface area contributed by atoms with Crippen LogP contribution in [0.1, 0.15) is 16.1 Å². The molecule has 25 heavy (non-hydrogen) atoms. The molecule has 0 aliphatic carbocycles. The third-order valence-electron chi connectivity index (χ3n) is 3.29. The minimum atomic E-state index is -0.455. The molecule has 0 atom stereocenters. The van der Waals surface area contributed by atoms with Gasteiger partial charge in [0.15, 0.2) is 11.6 Å². The molecule has 0 spiro atoms. The van der Waals surface area contributed by atoms with Crippen LogP contribution >= 0.6 is 0 Å². The minimum Gasteiger partial charge on any atom is -0.467 e. The highest BCUT2D eigenvalue weighted by molar-refractivity contribution is 5.95. The van der Waals surface area contributed by atoms with Crippen LogP contribution in [0, 0.1) is 5.82 Å². The Balaban J connectivity index is 1.63. The van der Waals surface area contributed by atoms with Crippen LogP contribution in [-0.2, 0) is 6.54 Å². The van der Waals surface area contributed by atoms with Gasteiger partial charge in [-0.3, -0.25) is 15.6 Å². The standard InChI is InChI=1S/C16H15FN6O2/c17-11-5-3-10(4-6-11)16(24)23-22-15-13(18)14(20-9-21-15)19-8-12-2-1-7-25-12/h1-7,9H,8,18H2,(H,23,24)(H2,19,20,21,22). The van der Waals surface area contributed by atoms with E-state index in [1.54, 1.807) is 12.3 Å². The van der Waals surface area contributed by atoms with Crippen molar-refractivity contribution >= 4 is 23.2 Å². The number of carbonyl (C=O) groups excluding carboxylic acids is 1. The van der Waals surface area contributed by atoms with Crippen molar-refractivity contribution in [2.45, 2.75) is 6.54 Å². The third-order valence-corrected chi connectivity index (χ3v) is 3.29. The molecule has 1 amide bonds. The number of rotatable bonds is 6. The Kier molecular flexibility index (Phi) is 4.74. The van der Waals surface area contributed by atoms with E-state index in [1.807, 2.05) is 6.07 Å². The Morgan fingerprint density at radius 3 is 2.64 bits per heavy atom. The monoisotopic (exact) mass is 342 g/mol. The molecular weight excluding hydrogens is 327 g/mol. The van der Waals surface area contributed by atoms with Crippen molar-refractivity contribution in [2.24, 2.45) is 0 Å². The minimum absolute atomic E-state index is 0.229. The summed E-state index contributed by atoms with van der Waals surface area (Å²) in [5.74, 6) is 0.467. The Hall–Kier alpha value is -3.62. The molecule has 1 aromatic carbocycles. The van der Waals surface area contributed by atoms with E-state index in [0.29, 0.717) is 12.4 Å². The second-order valence-corrected chi connectivity index (χ2v) is 5.00. The van der Waals surface area contributed by atoms with Gasteiger partial charge in [-0.2, -0.15) is 0 Å². The topological polar surface area (TPSA) is 118 Å². The second-order valence-electron chi connectivity index (χ2n) is 5.00. The lowest BCUT2D eigenvalue weighted by molar-refractivity contribution is 0.0962. The van der Waals surface area contributed by atoms with Crippen molar-refractivity contribution in [3.63, 3.8) is 0 Å². The van der Waals surface area contributed by atoms with Crippen LogP contribution in [0.4, 0.5) is 21.7 Å². The highest BCUT2D eigenvalue weighted by Crippen LogP contribution is 2.22. The summed E-state index contributed by atoms with van der Waals surface area (Å²) in [7, 11) is 0. The van der Waals surface area contributed by atoms with Gasteiger partial charge in [0.25, 0.3) is 5.91 Å². The van der Waals surface area contributed by atoms with Gasteiger partial charge in [0.05, 0.1) is 12.8 Å². The number of carbonyl (C=O) groups is 1. The number of benzene rings is 1. The Labute approximate surface area is 142 Å². The molecule has 0 fully saturated rings. The first-order valence-corrected chi connectivity index (χ1v) is 7.32. The van der Waals surface area contributed by atoms with Crippen LogP contribution < -0.4 is 21.9 Å². The fraction of sp³-hybridized carbons (Fsp3) is 0.0625. The number of aromatic nitrogens is 2. The summed E-state index contributed by atoms with van der Waals surface area (Å²) >= 11 is 0. The summed E-state index contributed by atoms with van der Waals surface area (Å²) in [6.45, 7) is 0.398. The molecule has 8 nitrogen and oxygen atoms in total. The third kappa shape index (κ3) is 4.02. The number of nitrogens with two attached hydrogens (primary N) is 1. The molecule has 9 heteroatoms. The van der Waals surface area contributed by atoms with Gasteiger partial charge in [-0.05, 0) is 36.4 Å². The summed E-state index contributed by atoms with van der Waals surface area (Å²) in [5.41, 5.74) is 11.6. The number of nitrogens with zero attached hydrogens (tertiary/aromatic N) is 2. The normalized spacial score (nSPS) is 10.3. The fourth-order valence-electron chi connectivity index (χ4n) is 2.01. The van der Waals surface area contributed by atoms with Crippen LogP contribution in [0.3, 0.4) is 0 Å². The molecule has 0 saturated heterocycles. The molecule has 0 saturated carbocycles. The predicted octanol–water partition coefficient (Wildman–Crippen LogP) is 2.16. The molecule has 3 rings (SSSR count). The molecule has 0 aliphatic rings. The lowest BCUT2D eigenvalue weighted by atomic mass is 10.2. The van der Waals surface area contributed by atoms with E-state index >= 15 is 0 Å². The summed E-state index contributed by atoms with van der Waals surface area (Å²) in [6, 6.07) is 8.72. The molecule has 2 heterocycles. The zero-order valence-electron chi connectivity index (χ0n) is 13.0. The maximum Gasteiger partial charge on any atom is 0.269 e. The van der Waals surface area contributed by atoms with E-state index in [2.05, 4.69) is 26.1 Å². The second kappa shape index (κ2) is 7.30. The first-order valence-electron chi connectivity index (χ1n) is 7.32. The van der Waals surface area contributed by atoms with Crippen LogP contribution in [0.5, 0.6) is 0 Å². The van der Waals surface area contributed by atoms with E-state index in [-0.39, 0.29) is 17.1 Å². The summed E-state index contributed by atoms with van der Waals surface area (Å²) < 4.78 is 18.1. The molecule has 0 bridgehead atoms. The van der Waals surface area contributed by atoms with Gasteiger partial charge in [0.2, 0.25) is 0 Å². The predicted molar refractivity (Wildman–Crippen MR) is 90.0 cm³/mol. The number of nitrogens with one attached hydrogen (secondary N) is 3. The van der Waals surface area contributed by atoms with Gasteiger partial charge in [-0.25, -0.2) is 14.4 Å². The Morgan fingerprint density at radius 1 is 1.16 bits per heavy atom. The van der Waals surface area contributed by atoms with Gasteiger partial charge in [-0.1, -0.05) is 0 Å². The molecule has 0 aliphatic heterocycles. The summed E-state index contributed by atoms with van der Waals surface area (Å²) in [6.07, 6.45) is 2.87. The highest BCUT2D eigenvalue weighted by atomic mass is 19.1. The number of halogens is 1. The SMILES string of the molecule is Nc1c(NCc2ccco2)ncnc1NNC(=O)c1ccc(F)cc1. The average molecular weight is 342 g/mol. The van der Waals surface area contributed by atoms with Crippen LogP contribution in [0.15, 0.2) is 53.4 Å². The number of furan rings is 1. The largest absolute Gasteiger partial charge is 0.467 e. The summed E-state index contributed by atoms with van der Waals surface area (Å²) in [5, 5.41) is 3.02. The van der Waals surface area contributed by atoms with Crippen molar-refractivity contribution in [1.82, 2.24) is 15.4 Å². The van der Waals surface area contributed by atoms with Crippen molar-refractivity contribution in [3.8, 4) is 0 Å². The highest BCUT2D eigenvalue weighted by Gasteiger charge is 2.10. The van der Waals surface area contributed by atoms with Gasteiger partial charge < -0.3 is 15.5 Å². The quantitative estimate of drug-likeness (QED) is 0.507. The average Bonchev–Trinajstić information content (AvgIpc) is 3.14. The van der Waals surface area contributed by atoms with Gasteiger partial charge in [0.1, 0.15) is 23.6 Å². The van der Waals surface area contributed by atoms with Crippen molar-refractivity contribution < 1.29 is 13.6 Å². The Morgan fingerprint density at radius 2 is 1.92 bits per heavy atom. The van der Waals surface area contributed by atoms with Crippen molar-refractivity contribution in [3.05, 3.63) is 66.1 Å². The van der Waals surface area contributed by atoms with Crippen LogP contribution in [0.25, 0.3) is 0 Å². The lowest BCUT2D eigenvalue weighted by Gasteiger charge is -2.12. The molecular formula is C16H15FN6O2. The first kappa shape index (κ1) is 16.2. The number of hydrogen-bond acceptors (Lipinski definition) is 7. The lowest BCUT2D eigenvalue weighted by Crippen LogP contribution is -2.30. The zero-order valence-corrected chi connectivity index (χ0v) is 13.0.